The van der Waals surface area contributed by atoms with E-state index in [1.807, 2.05) is 0 Å². The number of carboxylic acid groups (broad SMARTS) is 1. The average Bonchev–Trinajstić information content (AvgIpc) is 3.29. The van der Waals surface area contributed by atoms with E-state index in [1.165, 1.54) is 42.5 Å². The molecule has 1 aliphatic rings. The van der Waals surface area contributed by atoms with Gasteiger partial charge in [0.25, 0.3) is 11.8 Å². The molecule has 0 saturated carbocycles. The molecule has 0 atom stereocenters. The minimum atomic E-state index is -1.06. The highest BCUT2D eigenvalue weighted by Gasteiger charge is 2.34. The van der Waals surface area contributed by atoms with E-state index in [1.54, 1.807) is 24.3 Å². The number of hydrogen-bond acceptors (Lipinski definition) is 4. The van der Waals surface area contributed by atoms with Gasteiger partial charge in [0.05, 0.1) is 11.3 Å². The van der Waals surface area contributed by atoms with Gasteiger partial charge in [-0.1, -0.05) is 12.1 Å². The Labute approximate surface area is 163 Å². The summed E-state index contributed by atoms with van der Waals surface area (Å²) < 4.78 is 18.7. The fourth-order valence-electron chi connectivity index (χ4n) is 2.86. The van der Waals surface area contributed by atoms with E-state index >= 15 is 0 Å². The number of amides is 2. The minimum absolute atomic E-state index is 0.110. The lowest BCUT2D eigenvalue weighted by molar-refractivity contribution is -0.117. The summed E-state index contributed by atoms with van der Waals surface area (Å²) >= 11 is 0. The molecule has 0 aliphatic carbocycles. The summed E-state index contributed by atoms with van der Waals surface area (Å²) in [7, 11) is 0. The lowest BCUT2D eigenvalue weighted by Crippen LogP contribution is -2.35. The Morgan fingerprint density at radius 1 is 1.07 bits per heavy atom. The fraction of sp³-hybridized carbons (Fsp3) is 0. The molecule has 144 valence electrons. The van der Waals surface area contributed by atoms with Crippen LogP contribution in [0.25, 0.3) is 17.4 Å². The number of carbonyl (C=O) groups is 3. The summed E-state index contributed by atoms with van der Waals surface area (Å²) in [6.07, 6.45) is 1.30. The first-order valence-corrected chi connectivity index (χ1v) is 8.48. The monoisotopic (exact) mass is 392 g/mol. The summed E-state index contributed by atoms with van der Waals surface area (Å²) in [5.41, 5.74) is 3.25. The Morgan fingerprint density at radius 2 is 1.83 bits per heavy atom. The summed E-state index contributed by atoms with van der Waals surface area (Å²) in [5, 5.41) is 10.1. The molecule has 2 heterocycles. The van der Waals surface area contributed by atoms with Crippen LogP contribution in [0.2, 0.25) is 0 Å². The van der Waals surface area contributed by atoms with Crippen molar-refractivity contribution in [1.82, 2.24) is 5.43 Å². The van der Waals surface area contributed by atoms with Crippen molar-refractivity contribution in [2.45, 2.75) is 0 Å². The normalized spacial score (nSPS) is 15.1. The van der Waals surface area contributed by atoms with Gasteiger partial charge in [0.2, 0.25) is 0 Å². The third-order valence-corrected chi connectivity index (χ3v) is 4.28. The minimum Gasteiger partial charge on any atom is -0.478 e. The van der Waals surface area contributed by atoms with Crippen LogP contribution in [0.1, 0.15) is 16.1 Å². The van der Waals surface area contributed by atoms with E-state index in [2.05, 4.69) is 5.43 Å². The number of carbonyl (C=O) groups excluding carboxylic acids is 2. The molecule has 1 fully saturated rings. The number of halogens is 1. The molecule has 0 bridgehead atoms. The van der Waals surface area contributed by atoms with Gasteiger partial charge < -0.3 is 9.52 Å². The molecule has 0 spiro atoms. The summed E-state index contributed by atoms with van der Waals surface area (Å²) in [5.74, 6) is -2.11. The van der Waals surface area contributed by atoms with Crippen molar-refractivity contribution in [2.24, 2.45) is 0 Å². The first-order valence-electron chi connectivity index (χ1n) is 8.48. The van der Waals surface area contributed by atoms with E-state index in [0.29, 0.717) is 17.0 Å². The number of aromatic carboxylic acids is 1. The Kier molecular flexibility index (Phi) is 4.44. The number of anilines is 1. The topological polar surface area (TPSA) is 99.9 Å². The number of benzene rings is 2. The van der Waals surface area contributed by atoms with Gasteiger partial charge in [-0.05, 0) is 54.6 Å². The highest BCUT2D eigenvalue weighted by molar-refractivity contribution is 6.31. The first-order chi connectivity index (χ1) is 13.9. The van der Waals surface area contributed by atoms with Crippen LogP contribution in [0.4, 0.5) is 10.1 Å². The van der Waals surface area contributed by atoms with Crippen molar-refractivity contribution in [3.05, 3.63) is 83.4 Å². The van der Waals surface area contributed by atoms with Crippen LogP contribution in [0.5, 0.6) is 0 Å². The molecule has 3 aromatic rings. The molecule has 0 unspecified atom stereocenters. The lowest BCUT2D eigenvalue weighted by atomic mass is 10.1. The standard InChI is InChI=1S/C21H13FN2O5/c22-14-4-6-15(7-5-14)24-20(26)17(19(25)23-24)11-16-8-9-18(29-16)12-2-1-3-13(10-12)21(27)28/h1-11H,(H,23,25)(H,27,28)/b17-11-. The average molecular weight is 392 g/mol. The molecule has 8 heteroatoms. The molecular weight excluding hydrogens is 379 g/mol. The predicted octanol–water partition coefficient (Wildman–Crippen LogP) is 3.25. The number of hydrogen-bond donors (Lipinski definition) is 2. The number of nitrogens with zero attached hydrogens (tertiary/aromatic N) is 1. The second-order valence-corrected chi connectivity index (χ2v) is 6.20. The largest absolute Gasteiger partial charge is 0.478 e. The number of carboxylic acids is 1. The Bertz CT molecular complexity index is 1160. The zero-order chi connectivity index (χ0) is 20.5. The van der Waals surface area contributed by atoms with Crippen molar-refractivity contribution in [2.75, 3.05) is 5.01 Å². The predicted molar refractivity (Wildman–Crippen MR) is 101 cm³/mol. The van der Waals surface area contributed by atoms with Crippen molar-refractivity contribution in [3.63, 3.8) is 0 Å². The number of nitrogens with one attached hydrogen (secondary N) is 1. The quantitative estimate of drug-likeness (QED) is 0.525. The van der Waals surface area contributed by atoms with E-state index in [9.17, 15) is 18.8 Å². The number of hydrazine groups is 1. The zero-order valence-electron chi connectivity index (χ0n) is 14.8. The van der Waals surface area contributed by atoms with Crippen LogP contribution in [0, 0.1) is 5.82 Å². The van der Waals surface area contributed by atoms with Gasteiger partial charge in [0, 0.05) is 5.56 Å². The van der Waals surface area contributed by atoms with Gasteiger partial charge in [-0.3, -0.25) is 15.0 Å². The molecule has 4 rings (SSSR count). The van der Waals surface area contributed by atoms with Gasteiger partial charge in [-0.25, -0.2) is 14.2 Å². The van der Waals surface area contributed by atoms with Crippen molar-refractivity contribution in [1.29, 1.82) is 0 Å². The SMILES string of the molecule is O=C1NN(c2ccc(F)cc2)C(=O)/C1=C\c1ccc(-c2cccc(C(=O)O)c2)o1. The molecule has 1 aliphatic heterocycles. The van der Waals surface area contributed by atoms with Gasteiger partial charge in [0.15, 0.2) is 0 Å². The molecule has 2 amide bonds. The fourth-order valence-corrected chi connectivity index (χ4v) is 2.86. The second-order valence-electron chi connectivity index (χ2n) is 6.20. The van der Waals surface area contributed by atoms with E-state index < -0.39 is 23.6 Å². The molecule has 2 N–H and O–H groups in total. The first kappa shape index (κ1) is 18.2. The molecule has 0 radical (unpaired) electrons. The van der Waals surface area contributed by atoms with Gasteiger partial charge >= 0.3 is 5.97 Å². The molecular formula is C21H13FN2O5. The Balaban J connectivity index is 1.61. The maximum absolute atomic E-state index is 13.1. The van der Waals surface area contributed by atoms with Gasteiger partial charge in [-0.15, -0.1) is 0 Å². The van der Waals surface area contributed by atoms with Crippen molar-refractivity contribution in [3.8, 4) is 11.3 Å². The van der Waals surface area contributed by atoms with Crippen LogP contribution in [-0.2, 0) is 9.59 Å². The summed E-state index contributed by atoms with van der Waals surface area (Å²) in [6, 6.07) is 14.5. The third-order valence-electron chi connectivity index (χ3n) is 4.28. The Morgan fingerprint density at radius 3 is 2.55 bits per heavy atom. The van der Waals surface area contributed by atoms with Crippen LogP contribution in [-0.4, -0.2) is 22.9 Å². The maximum Gasteiger partial charge on any atom is 0.335 e. The smallest absolute Gasteiger partial charge is 0.335 e. The number of rotatable bonds is 4. The highest BCUT2D eigenvalue weighted by atomic mass is 19.1. The van der Waals surface area contributed by atoms with E-state index in [-0.39, 0.29) is 16.9 Å². The number of furan rings is 1. The molecule has 1 aromatic heterocycles. The molecule has 1 saturated heterocycles. The van der Waals surface area contributed by atoms with Crippen LogP contribution >= 0.6 is 0 Å². The van der Waals surface area contributed by atoms with Crippen LogP contribution in [0.3, 0.4) is 0 Å². The van der Waals surface area contributed by atoms with Crippen molar-refractivity contribution < 1.29 is 28.3 Å². The van der Waals surface area contributed by atoms with E-state index in [0.717, 1.165) is 5.01 Å². The van der Waals surface area contributed by atoms with Crippen molar-refractivity contribution >= 4 is 29.5 Å². The molecule has 29 heavy (non-hydrogen) atoms. The highest BCUT2D eigenvalue weighted by Crippen LogP contribution is 2.26. The zero-order valence-corrected chi connectivity index (χ0v) is 14.8. The maximum atomic E-state index is 13.1. The molecule has 2 aromatic carbocycles. The van der Waals surface area contributed by atoms with Gasteiger partial charge in [0.1, 0.15) is 22.9 Å². The summed E-state index contributed by atoms with van der Waals surface area (Å²) in [4.78, 5) is 35.9. The molecule has 7 nitrogen and oxygen atoms in total. The third kappa shape index (κ3) is 3.51. The summed E-state index contributed by atoms with van der Waals surface area (Å²) in [6.45, 7) is 0. The van der Waals surface area contributed by atoms with Crippen LogP contribution < -0.4 is 10.4 Å². The lowest BCUT2D eigenvalue weighted by Gasteiger charge is -2.14. The van der Waals surface area contributed by atoms with Crippen LogP contribution in [0.15, 0.2) is 70.7 Å². The van der Waals surface area contributed by atoms with E-state index in [4.69, 9.17) is 9.52 Å². The van der Waals surface area contributed by atoms with Gasteiger partial charge in [-0.2, -0.15) is 0 Å². The Hall–Kier alpha value is -4.20. The second kappa shape index (κ2) is 7.08.